The van der Waals surface area contributed by atoms with Gasteiger partial charge < -0.3 is 20.1 Å². The third-order valence-electron chi connectivity index (χ3n) is 4.92. The van der Waals surface area contributed by atoms with Crippen LogP contribution in [0.1, 0.15) is 37.8 Å². The van der Waals surface area contributed by atoms with Gasteiger partial charge in [0.15, 0.2) is 0 Å². The van der Waals surface area contributed by atoms with E-state index >= 15 is 0 Å². The number of carbonyl (C=O) groups is 1. The van der Waals surface area contributed by atoms with Crippen LogP contribution in [0.25, 0.3) is 0 Å². The number of halogens is 1. The molecular formula is C22H25ClN2O3. The average Bonchev–Trinajstić information content (AvgIpc) is 2.68. The summed E-state index contributed by atoms with van der Waals surface area (Å²) in [6, 6.07) is 13.4. The average molecular weight is 401 g/mol. The minimum Gasteiger partial charge on any atom is -0.462 e. The van der Waals surface area contributed by atoms with Crippen molar-refractivity contribution in [2.24, 2.45) is 5.73 Å². The van der Waals surface area contributed by atoms with E-state index in [4.69, 9.17) is 26.8 Å². The van der Waals surface area contributed by atoms with E-state index in [0.29, 0.717) is 10.8 Å². The number of hydrogen-bond acceptors (Lipinski definition) is 5. The Hall–Kier alpha value is -2.66. The second kappa shape index (κ2) is 8.57. The van der Waals surface area contributed by atoms with E-state index < -0.39 is 11.9 Å². The van der Waals surface area contributed by atoms with Crippen molar-refractivity contribution in [3.8, 4) is 5.75 Å². The molecule has 0 bridgehead atoms. The number of nitrogens with zero attached hydrogens (tertiary/aromatic N) is 1. The third-order valence-corrected chi connectivity index (χ3v) is 5.27. The summed E-state index contributed by atoms with van der Waals surface area (Å²) in [5.41, 5.74) is 9.13. The minimum atomic E-state index is -0.497. The van der Waals surface area contributed by atoms with Gasteiger partial charge in [-0.15, -0.1) is 0 Å². The van der Waals surface area contributed by atoms with Gasteiger partial charge in [0.2, 0.25) is 5.88 Å². The van der Waals surface area contributed by atoms with Crippen molar-refractivity contribution in [3.63, 3.8) is 0 Å². The number of benzene rings is 2. The second-order valence-electron chi connectivity index (χ2n) is 6.45. The second-order valence-corrected chi connectivity index (χ2v) is 6.86. The van der Waals surface area contributed by atoms with Gasteiger partial charge >= 0.3 is 5.97 Å². The Kier molecular flexibility index (Phi) is 6.15. The summed E-state index contributed by atoms with van der Waals surface area (Å²) in [6.07, 6.45) is 0. The molecule has 2 aromatic carbocycles. The van der Waals surface area contributed by atoms with E-state index in [0.717, 1.165) is 29.9 Å². The molecule has 0 fully saturated rings. The van der Waals surface area contributed by atoms with Crippen LogP contribution in [-0.2, 0) is 9.53 Å². The molecule has 2 N–H and O–H groups in total. The first-order chi connectivity index (χ1) is 13.5. The Bertz CT molecular complexity index is 906. The van der Waals surface area contributed by atoms with Crippen molar-refractivity contribution in [3.05, 3.63) is 70.1 Å². The zero-order chi connectivity index (χ0) is 20.3. The summed E-state index contributed by atoms with van der Waals surface area (Å²) in [5.74, 6) is -0.280. The summed E-state index contributed by atoms with van der Waals surface area (Å²) in [4.78, 5) is 14.9. The molecule has 148 valence electrons. The number of hydrogen-bond donors (Lipinski definition) is 1. The number of fused-ring (bicyclic) bond motifs is 1. The van der Waals surface area contributed by atoms with Gasteiger partial charge in [0.1, 0.15) is 11.3 Å². The largest absolute Gasteiger partial charge is 0.462 e. The fourth-order valence-corrected chi connectivity index (χ4v) is 3.81. The molecule has 0 radical (unpaired) electrons. The van der Waals surface area contributed by atoms with Crippen LogP contribution in [0.2, 0.25) is 5.02 Å². The van der Waals surface area contributed by atoms with Gasteiger partial charge in [-0.05, 0) is 38.5 Å². The maximum atomic E-state index is 12.7. The van der Waals surface area contributed by atoms with Gasteiger partial charge in [-0.25, -0.2) is 4.79 Å². The summed E-state index contributed by atoms with van der Waals surface area (Å²) in [6.45, 7) is 7.96. The smallest absolute Gasteiger partial charge is 0.340 e. The molecule has 0 amide bonds. The molecule has 0 saturated heterocycles. The van der Waals surface area contributed by atoms with Crippen LogP contribution in [0.4, 0.5) is 5.69 Å². The van der Waals surface area contributed by atoms with Crippen molar-refractivity contribution in [2.45, 2.75) is 26.7 Å². The van der Waals surface area contributed by atoms with Crippen molar-refractivity contribution in [1.82, 2.24) is 0 Å². The van der Waals surface area contributed by atoms with E-state index in [9.17, 15) is 4.79 Å². The number of carbonyl (C=O) groups excluding carboxylic acids is 1. The lowest BCUT2D eigenvalue weighted by Gasteiger charge is -2.30. The van der Waals surface area contributed by atoms with Crippen LogP contribution in [0, 0.1) is 0 Å². The van der Waals surface area contributed by atoms with E-state index in [2.05, 4.69) is 18.7 Å². The monoisotopic (exact) mass is 400 g/mol. The standard InChI is InChI=1S/C22H25ClN2O3/c1-4-25(5-2)14-11-12-16-18(13-14)28-21(24)20(22(26)27-6-3)19(16)15-9-7-8-10-17(15)23/h7-13,19H,4-6,24H2,1-3H3. The quantitative estimate of drug-likeness (QED) is 0.726. The molecule has 3 rings (SSSR count). The zero-order valence-corrected chi connectivity index (χ0v) is 17.1. The summed E-state index contributed by atoms with van der Waals surface area (Å²) in [7, 11) is 0. The molecule has 0 saturated carbocycles. The van der Waals surface area contributed by atoms with Crippen LogP contribution in [0.15, 0.2) is 53.9 Å². The van der Waals surface area contributed by atoms with E-state index in [1.54, 1.807) is 13.0 Å². The molecule has 1 aliphatic heterocycles. The number of rotatable bonds is 6. The highest BCUT2D eigenvalue weighted by atomic mass is 35.5. The molecule has 1 heterocycles. The van der Waals surface area contributed by atoms with Gasteiger partial charge in [0.25, 0.3) is 0 Å². The zero-order valence-electron chi connectivity index (χ0n) is 16.4. The van der Waals surface area contributed by atoms with E-state index in [-0.39, 0.29) is 18.1 Å². The van der Waals surface area contributed by atoms with Crippen LogP contribution in [-0.4, -0.2) is 25.7 Å². The maximum absolute atomic E-state index is 12.7. The van der Waals surface area contributed by atoms with Crippen molar-refractivity contribution >= 4 is 23.3 Å². The topological polar surface area (TPSA) is 64.8 Å². The molecule has 5 nitrogen and oxygen atoms in total. The van der Waals surface area contributed by atoms with Crippen LogP contribution < -0.4 is 15.4 Å². The Morgan fingerprint density at radius 3 is 2.50 bits per heavy atom. The Morgan fingerprint density at radius 2 is 1.86 bits per heavy atom. The van der Waals surface area contributed by atoms with E-state index in [1.807, 2.05) is 36.4 Å². The summed E-state index contributed by atoms with van der Waals surface area (Å²) >= 11 is 6.48. The van der Waals surface area contributed by atoms with Gasteiger partial charge in [0.05, 0.1) is 12.5 Å². The van der Waals surface area contributed by atoms with Gasteiger partial charge in [-0.2, -0.15) is 0 Å². The Balaban J connectivity index is 2.17. The fraction of sp³-hybridized carbons (Fsp3) is 0.318. The molecule has 1 unspecified atom stereocenters. The normalized spacial score (nSPS) is 15.6. The highest BCUT2D eigenvalue weighted by Gasteiger charge is 2.36. The van der Waals surface area contributed by atoms with E-state index in [1.165, 1.54) is 0 Å². The third kappa shape index (κ3) is 3.67. The van der Waals surface area contributed by atoms with Crippen molar-refractivity contribution < 1.29 is 14.3 Å². The van der Waals surface area contributed by atoms with Gasteiger partial charge in [-0.1, -0.05) is 35.9 Å². The Labute approximate surface area is 170 Å². The molecule has 2 aromatic rings. The van der Waals surface area contributed by atoms with Crippen LogP contribution >= 0.6 is 11.6 Å². The molecule has 1 aliphatic rings. The molecule has 28 heavy (non-hydrogen) atoms. The summed E-state index contributed by atoms with van der Waals surface area (Å²) in [5, 5.41) is 0.558. The van der Waals surface area contributed by atoms with Crippen LogP contribution in [0.5, 0.6) is 5.75 Å². The van der Waals surface area contributed by atoms with Crippen molar-refractivity contribution in [2.75, 3.05) is 24.6 Å². The Morgan fingerprint density at radius 1 is 1.14 bits per heavy atom. The SMILES string of the molecule is CCOC(=O)C1=C(N)Oc2cc(N(CC)CC)ccc2C1c1ccccc1Cl. The number of esters is 1. The van der Waals surface area contributed by atoms with Gasteiger partial charge in [0, 0.05) is 35.4 Å². The lowest BCUT2D eigenvalue weighted by Crippen LogP contribution is -2.28. The molecule has 6 heteroatoms. The predicted octanol–water partition coefficient (Wildman–Crippen LogP) is 4.44. The lowest BCUT2D eigenvalue weighted by atomic mass is 9.83. The molecule has 0 aromatic heterocycles. The minimum absolute atomic E-state index is 0.0487. The molecular weight excluding hydrogens is 376 g/mol. The lowest BCUT2D eigenvalue weighted by molar-refractivity contribution is -0.139. The number of nitrogens with two attached hydrogens (primary N) is 1. The summed E-state index contributed by atoms with van der Waals surface area (Å²) < 4.78 is 11.1. The van der Waals surface area contributed by atoms with Crippen molar-refractivity contribution in [1.29, 1.82) is 0 Å². The van der Waals surface area contributed by atoms with Crippen LogP contribution in [0.3, 0.4) is 0 Å². The molecule has 0 aliphatic carbocycles. The first-order valence-corrected chi connectivity index (χ1v) is 9.87. The van der Waals surface area contributed by atoms with Gasteiger partial charge in [-0.3, -0.25) is 0 Å². The highest BCUT2D eigenvalue weighted by Crippen LogP contribution is 2.45. The molecule has 1 atom stereocenters. The number of ether oxygens (including phenoxy) is 2. The predicted molar refractivity (Wildman–Crippen MR) is 112 cm³/mol. The fourth-order valence-electron chi connectivity index (χ4n) is 3.57. The highest BCUT2D eigenvalue weighted by molar-refractivity contribution is 6.31. The number of anilines is 1. The maximum Gasteiger partial charge on any atom is 0.340 e. The molecule has 0 spiro atoms. The first-order valence-electron chi connectivity index (χ1n) is 9.49. The first kappa shape index (κ1) is 20.1.